The molecule has 0 aromatic rings. The van der Waals surface area contributed by atoms with Gasteiger partial charge in [0, 0.05) is 8.54 Å². The first kappa shape index (κ1) is 9.43. The second kappa shape index (κ2) is 5.23. The molecule has 0 fully saturated rings. The summed E-state index contributed by atoms with van der Waals surface area (Å²) in [5, 5.41) is 2.68. The van der Waals surface area contributed by atoms with Crippen LogP contribution in [0.2, 0.25) is 0 Å². The van der Waals surface area contributed by atoms with E-state index in [1.165, 1.54) is 0 Å². The summed E-state index contributed by atoms with van der Waals surface area (Å²) >= 11 is 0. The van der Waals surface area contributed by atoms with Gasteiger partial charge in [0.25, 0.3) is 0 Å². The van der Waals surface area contributed by atoms with Crippen LogP contribution in [0.4, 0.5) is 0 Å². The van der Waals surface area contributed by atoms with Crippen molar-refractivity contribution >= 4 is 6.41 Å². The van der Waals surface area contributed by atoms with Gasteiger partial charge in [-0.15, -0.1) is 0 Å². The van der Waals surface area contributed by atoms with Crippen molar-refractivity contribution in [3.8, 4) is 0 Å². The minimum Gasteiger partial charge on any atom is -0.383 e. The smallest absolute Gasteiger partial charge is 0.207 e. The molecule has 0 radical (unpaired) electrons. The van der Waals surface area contributed by atoms with Crippen LogP contribution in [0.5, 0.6) is 0 Å². The number of hydrogen-bond acceptors (Lipinski definition) is 2. The molecule has 0 aromatic carbocycles. The van der Waals surface area contributed by atoms with Crippen molar-refractivity contribution in [1.29, 1.82) is 0 Å². The third-order valence-corrected chi connectivity index (χ3v) is 1.43. The van der Waals surface area contributed by atoms with Gasteiger partial charge in [-0.3, -0.25) is 4.79 Å². The van der Waals surface area contributed by atoms with Crippen LogP contribution in [0, 0.1) is 5.92 Å². The SMILES string of the molecule is COC[C@H](NC=O)C(C)C.[HH]. The van der Waals surface area contributed by atoms with Gasteiger partial charge in [-0.2, -0.15) is 0 Å². The summed E-state index contributed by atoms with van der Waals surface area (Å²) < 4.78 is 4.90. The summed E-state index contributed by atoms with van der Waals surface area (Å²) in [6, 6.07) is 0.141. The molecule has 0 aliphatic heterocycles. The molecule has 0 saturated carbocycles. The van der Waals surface area contributed by atoms with Gasteiger partial charge in [-0.25, -0.2) is 0 Å². The summed E-state index contributed by atoms with van der Waals surface area (Å²) in [6.45, 7) is 4.66. The average molecular weight is 147 g/mol. The second-order valence-electron chi connectivity index (χ2n) is 2.59. The van der Waals surface area contributed by atoms with E-state index in [0.717, 1.165) is 0 Å². The Morgan fingerprint density at radius 1 is 1.70 bits per heavy atom. The molecule has 0 rings (SSSR count). The van der Waals surface area contributed by atoms with E-state index in [-0.39, 0.29) is 7.47 Å². The van der Waals surface area contributed by atoms with Crippen LogP contribution in [0.1, 0.15) is 15.3 Å². The highest BCUT2D eigenvalue weighted by Gasteiger charge is 2.10. The first-order valence-electron chi connectivity index (χ1n) is 3.41. The van der Waals surface area contributed by atoms with Gasteiger partial charge in [-0.05, 0) is 5.92 Å². The maximum Gasteiger partial charge on any atom is 0.207 e. The van der Waals surface area contributed by atoms with Gasteiger partial charge in [0.05, 0.1) is 12.6 Å². The number of carbonyl (C=O) groups excluding carboxylic acids is 1. The van der Waals surface area contributed by atoms with Crippen LogP contribution in [0.15, 0.2) is 0 Å². The van der Waals surface area contributed by atoms with Crippen LogP contribution < -0.4 is 5.32 Å². The lowest BCUT2D eigenvalue weighted by molar-refractivity contribution is -0.110. The van der Waals surface area contributed by atoms with Crippen molar-refractivity contribution in [2.24, 2.45) is 5.92 Å². The Kier molecular flexibility index (Phi) is 4.94. The summed E-state index contributed by atoms with van der Waals surface area (Å²) in [6.07, 6.45) is 0.712. The molecule has 0 unspecified atom stereocenters. The second-order valence-corrected chi connectivity index (χ2v) is 2.59. The molecule has 1 atom stereocenters. The lowest BCUT2D eigenvalue weighted by Crippen LogP contribution is -2.36. The summed E-state index contributed by atoms with van der Waals surface area (Å²) in [5.41, 5.74) is 0. The Morgan fingerprint density at radius 3 is 2.60 bits per heavy atom. The Hall–Kier alpha value is -0.570. The topological polar surface area (TPSA) is 38.3 Å². The molecule has 0 saturated heterocycles. The molecule has 0 aliphatic rings. The molecular weight excluding hydrogens is 130 g/mol. The lowest BCUT2D eigenvalue weighted by Gasteiger charge is -2.18. The van der Waals surface area contributed by atoms with Crippen LogP contribution >= 0.6 is 0 Å². The highest BCUT2D eigenvalue weighted by molar-refractivity contribution is 5.46. The van der Waals surface area contributed by atoms with Gasteiger partial charge < -0.3 is 10.1 Å². The highest BCUT2D eigenvalue weighted by atomic mass is 16.5. The molecule has 1 amide bonds. The third kappa shape index (κ3) is 3.45. The molecule has 10 heavy (non-hydrogen) atoms. The zero-order valence-electron chi connectivity index (χ0n) is 6.76. The van der Waals surface area contributed by atoms with Gasteiger partial charge in [0.15, 0.2) is 0 Å². The van der Waals surface area contributed by atoms with Gasteiger partial charge >= 0.3 is 0 Å². The highest BCUT2D eigenvalue weighted by Crippen LogP contribution is 1.99. The van der Waals surface area contributed by atoms with E-state index < -0.39 is 0 Å². The van der Waals surface area contributed by atoms with Crippen molar-refractivity contribution in [1.82, 2.24) is 5.32 Å². The average Bonchev–Trinajstić information content (AvgIpc) is 1.87. The van der Waals surface area contributed by atoms with Crippen molar-refractivity contribution < 1.29 is 11.0 Å². The van der Waals surface area contributed by atoms with Gasteiger partial charge in [0.1, 0.15) is 0 Å². The van der Waals surface area contributed by atoms with Crippen LogP contribution in [-0.4, -0.2) is 26.2 Å². The van der Waals surface area contributed by atoms with Gasteiger partial charge in [0.2, 0.25) is 6.41 Å². The Balaban J connectivity index is 0. The minimum absolute atomic E-state index is 0. The molecule has 0 spiro atoms. The molecule has 1 N–H and O–H groups in total. The number of amides is 1. The number of methoxy groups -OCH3 is 1. The van der Waals surface area contributed by atoms with E-state index in [4.69, 9.17) is 4.74 Å². The Labute approximate surface area is 63.2 Å². The maximum atomic E-state index is 10.0. The molecule has 62 valence electrons. The fourth-order valence-corrected chi connectivity index (χ4v) is 0.700. The van der Waals surface area contributed by atoms with E-state index >= 15 is 0 Å². The number of rotatable bonds is 5. The normalized spacial score (nSPS) is 13.2. The lowest BCUT2D eigenvalue weighted by atomic mass is 10.1. The van der Waals surface area contributed by atoms with Crippen LogP contribution in [0.3, 0.4) is 0 Å². The van der Waals surface area contributed by atoms with E-state index in [0.29, 0.717) is 18.9 Å². The van der Waals surface area contributed by atoms with Crippen LogP contribution in [0.25, 0.3) is 0 Å². The first-order valence-corrected chi connectivity index (χ1v) is 3.41. The maximum absolute atomic E-state index is 10.0. The largest absolute Gasteiger partial charge is 0.383 e. The molecule has 0 aliphatic carbocycles. The standard InChI is InChI=1S/C7H15NO2.H2/c1-6(2)7(4-10-3)8-5-9;/h5-7H,4H2,1-3H3,(H,8,9);1H/t7-;/m0./s1. The zero-order chi connectivity index (χ0) is 7.98. The molecular formula is C7H17NO2. The van der Waals surface area contributed by atoms with Gasteiger partial charge in [-0.1, -0.05) is 13.8 Å². The number of hydrogen-bond donors (Lipinski definition) is 1. The van der Waals surface area contributed by atoms with Crippen molar-refractivity contribution in [2.45, 2.75) is 19.9 Å². The minimum atomic E-state index is 0. The molecule has 0 bridgehead atoms. The quantitative estimate of drug-likeness (QED) is 0.580. The fraction of sp³-hybridized carbons (Fsp3) is 0.857. The molecule has 3 nitrogen and oxygen atoms in total. The van der Waals surface area contributed by atoms with E-state index in [1.807, 2.05) is 13.8 Å². The molecule has 3 heteroatoms. The monoisotopic (exact) mass is 147 g/mol. The summed E-state index contributed by atoms with van der Waals surface area (Å²) in [7, 11) is 1.63. The van der Waals surface area contributed by atoms with Crippen LogP contribution in [-0.2, 0) is 9.53 Å². The van der Waals surface area contributed by atoms with E-state index in [9.17, 15) is 4.79 Å². The van der Waals surface area contributed by atoms with E-state index in [1.54, 1.807) is 7.11 Å². The first-order chi connectivity index (χ1) is 4.72. The molecule has 0 heterocycles. The summed E-state index contributed by atoms with van der Waals surface area (Å²) in [5.74, 6) is 0.421. The molecule has 0 aromatic heterocycles. The summed E-state index contributed by atoms with van der Waals surface area (Å²) in [4.78, 5) is 10.0. The number of nitrogens with one attached hydrogen (secondary N) is 1. The predicted octanol–water partition coefficient (Wildman–Crippen LogP) is 0.649. The Morgan fingerprint density at radius 2 is 2.30 bits per heavy atom. The third-order valence-electron chi connectivity index (χ3n) is 1.43. The van der Waals surface area contributed by atoms with E-state index in [2.05, 4.69) is 5.32 Å². The number of carbonyl (C=O) groups is 1. The Bertz CT molecular complexity index is 98.4. The number of ether oxygens (including phenoxy) is 1. The predicted molar refractivity (Wildman–Crippen MR) is 41.8 cm³/mol. The fourth-order valence-electron chi connectivity index (χ4n) is 0.700. The zero-order valence-corrected chi connectivity index (χ0v) is 6.76. The van der Waals surface area contributed by atoms with Crippen molar-refractivity contribution in [2.75, 3.05) is 13.7 Å². The van der Waals surface area contributed by atoms with Crippen molar-refractivity contribution in [3.63, 3.8) is 0 Å². The van der Waals surface area contributed by atoms with Crippen molar-refractivity contribution in [3.05, 3.63) is 0 Å².